The lowest BCUT2D eigenvalue weighted by Gasteiger charge is -1.98. The summed E-state index contributed by atoms with van der Waals surface area (Å²) in [6, 6.07) is 5.70. The molecule has 1 aliphatic heterocycles. The molecule has 0 saturated carbocycles. The van der Waals surface area contributed by atoms with Crippen LogP contribution in [0.2, 0.25) is 0 Å². The van der Waals surface area contributed by atoms with E-state index >= 15 is 0 Å². The first kappa shape index (κ1) is 10.2. The van der Waals surface area contributed by atoms with Gasteiger partial charge in [-0.3, -0.25) is 0 Å². The smallest absolute Gasteiger partial charge is 0.330 e. The molecule has 0 saturated heterocycles. The highest BCUT2D eigenvalue weighted by Gasteiger charge is 2.18. The number of methoxy groups -OCH3 is 1. The number of fused-ring (bicyclic) bond motifs is 1. The molecule has 2 rings (SSSR count). The zero-order valence-electron chi connectivity index (χ0n) is 8.12. The van der Waals surface area contributed by atoms with Crippen molar-refractivity contribution in [2.75, 3.05) is 13.7 Å². The number of esters is 1. The van der Waals surface area contributed by atoms with E-state index in [1.165, 1.54) is 13.2 Å². The predicted molar refractivity (Wildman–Crippen MR) is 59.6 cm³/mol. The molecule has 3 nitrogen and oxygen atoms in total. The van der Waals surface area contributed by atoms with Crippen LogP contribution in [0.15, 0.2) is 28.7 Å². The summed E-state index contributed by atoms with van der Waals surface area (Å²) in [4.78, 5) is 11.1. The molecule has 1 aromatic carbocycles. The van der Waals surface area contributed by atoms with Gasteiger partial charge in [0.15, 0.2) is 0 Å². The molecule has 78 valence electrons. The van der Waals surface area contributed by atoms with Crippen molar-refractivity contribution in [1.82, 2.24) is 0 Å². The largest absolute Gasteiger partial charge is 0.488 e. The molecule has 1 aliphatic rings. The third kappa shape index (κ3) is 2.04. The summed E-state index contributed by atoms with van der Waals surface area (Å²) in [6.07, 6.45) is 1.46. The van der Waals surface area contributed by atoms with Crippen molar-refractivity contribution >= 4 is 27.5 Å². The van der Waals surface area contributed by atoms with Gasteiger partial charge in [0.1, 0.15) is 12.4 Å². The van der Waals surface area contributed by atoms with E-state index in [1.807, 2.05) is 18.2 Å². The highest BCUT2D eigenvalue weighted by molar-refractivity contribution is 9.10. The predicted octanol–water partition coefficient (Wildman–Crippen LogP) is 2.40. The first-order chi connectivity index (χ1) is 7.20. The second-order valence-electron chi connectivity index (χ2n) is 3.12. The maximum atomic E-state index is 11.1. The summed E-state index contributed by atoms with van der Waals surface area (Å²) in [5, 5.41) is 0. The fourth-order valence-corrected chi connectivity index (χ4v) is 1.79. The molecule has 0 aromatic heterocycles. The van der Waals surface area contributed by atoms with Gasteiger partial charge in [0.25, 0.3) is 0 Å². The van der Waals surface area contributed by atoms with Gasteiger partial charge < -0.3 is 9.47 Å². The third-order valence-electron chi connectivity index (χ3n) is 2.16. The fourth-order valence-electron chi connectivity index (χ4n) is 1.43. The van der Waals surface area contributed by atoms with Gasteiger partial charge in [0.2, 0.25) is 0 Å². The van der Waals surface area contributed by atoms with Crippen molar-refractivity contribution in [3.05, 3.63) is 34.3 Å². The number of ether oxygens (including phenoxy) is 2. The van der Waals surface area contributed by atoms with Gasteiger partial charge in [-0.2, -0.15) is 0 Å². The molecule has 1 heterocycles. The van der Waals surface area contributed by atoms with E-state index in [0.29, 0.717) is 6.61 Å². The molecule has 0 spiro atoms. The number of rotatable bonds is 1. The van der Waals surface area contributed by atoms with Crippen molar-refractivity contribution in [1.29, 1.82) is 0 Å². The Labute approximate surface area is 95.8 Å². The molecular weight excluding hydrogens is 260 g/mol. The maximum absolute atomic E-state index is 11.1. The van der Waals surface area contributed by atoms with Crippen molar-refractivity contribution in [3.8, 4) is 5.75 Å². The Morgan fingerprint density at radius 3 is 3.13 bits per heavy atom. The minimum atomic E-state index is -0.360. The van der Waals surface area contributed by atoms with Crippen molar-refractivity contribution in [3.63, 3.8) is 0 Å². The molecule has 1 aromatic rings. The SMILES string of the molecule is COC(=O)/C=C1/COc2ccc(Br)cc21. The molecule has 0 aliphatic carbocycles. The number of hydrogen-bond donors (Lipinski definition) is 0. The maximum Gasteiger partial charge on any atom is 0.330 e. The lowest BCUT2D eigenvalue weighted by atomic mass is 10.1. The summed E-state index contributed by atoms with van der Waals surface area (Å²) in [6.45, 7) is 0.418. The van der Waals surface area contributed by atoms with Gasteiger partial charge in [-0.1, -0.05) is 15.9 Å². The van der Waals surface area contributed by atoms with Crippen LogP contribution in [0.4, 0.5) is 0 Å². The van der Waals surface area contributed by atoms with Crippen molar-refractivity contribution < 1.29 is 14.3 Å². The lowest BCUT2D eigenvalue weighted by molar-refractivity contribution is -0.134. The number of hydrogen-bond acceptors (Lipinski definition) is 3. The van der Waals surface area contributed by atoms with Gasteiger partial charge in [-0.25, -0.2) is 4.79 Å². The summed E-state index contributed by atoms with van der Waals surface area (Å²) in [7, 11) is 1.36. The molecule has 0 N–H and O–H groups in total. The molecule has 0 amide bonds. The van der Waals surface area contributed by atoms with Gasteiger partial charge in [0.05, 0.1) is 7.11 Å². The Balaban J connectivity index is 2.39. The van der Waals surface area contributed by atoms with Crippen LogP contribution in [0.25, 0.3) is 5.57 Å². The van der Waals surface area contributed by atoms with E-state index in [0.717, 1.165) is 21.4 Å². The average Bonchev–Trinajstić information content (AvgIpc) is 2.61. The zero-order chi connectivity index (χ0) is 10.8. The highest BCUT2D eigenvalue weighted by atomic mass is 79.9. The molecule has 0 radical (unpaired) electrons. The second kappa shape index (κ2) is 4.06. The van der Waals surface area contributed by atoms with Crippen LogP contribution in [0.3, 0.4) is 0 Å². The van der Waals surface area contributed by atoms with Crippen molar-refractivity contribution in [2.24, 2.45) is 0 Å². The van der Waals surface area contributed by atoms with Gasteiger partial charge in [-0.15, -0.1) is 0 Å². The van der Waals surface area contributed by atoms with Crippen LogP contribution >= 0.6 is 15.9 Å². The Kier molecular flexibility index (Phi) is 2.77. The number of benzene rings is 1. The van der Waals surface area contributed by atoms with Crippen LogP contribution in [0, 0.1) is 0 Å². The molecule has 15 heavy (non-hydrogen) atoms. The van der Waals surface area contributed by atoms with E-state index in [4.69, 9.17) is 4.74 Å². The minimum Gasteiger partial charge on any atom is -0.488 e. The fraction of sp³-hybridized carbons (Fsp3) is 0.182. The summed E-state index contributed by atoms with van der Waals surface area (Å²) in [5.74, 6) is 0.440. The van der Waals surface area contributed by atoms with E-state index < -0.39 is 0 Å². The zero-order valence-corrected chi connectivity index (χ0v) is 9.71. The van der Waals surface area contributed by atoms with Crippen LogP contribution in [-0.4, -0.2) is 19.7 Å². The van der Waals surface area contributed by atoms with Crippen LogP contribution in [0.5, 0.6) is 5.75 Å². The molecule has 0 unspecified atom stereocenters. The first-order valence-electron chi connectivity index (χ1n) is 4.42. The van der Waals surface area contributed by atoms with Crippen LogP contribution in [-0.2, 0) is 9.53 Å². The topological polar surface area (TPSA) is 35.5 Å². The summed E-state index contributed by atoms with van der Waals surface area (Å²) >= 11 is 3.38. The average molecular weight is 269 g/mol. The second-order valence-corrected chi connectivity index (χ2v) is 4.04. The van der Waals surface area contributed by atoms with E-state index in [2.05, 4.69) is 20.7 Å². The Morgan fingerprint density at radius 1 is 1.60 bits per heavy atom. The number of carbonyl (C=O) groups is 1. The van der Waals surface area contributed by atoms with E-state index in [1.54, 1.807) is 0 Å². The molecule has 0 bridgehead atoms. The lowest BCUT2D eigenvalue weighted by Crippen LogP contribution is -1.97. The third-order valence-corrected chi connectivity index (χ3v) is 2.66. The Hall–Kier alpha value is -1.29. The summed E-state index contributed by atoms with van der Waals surface area (Å²) in [5.41, 5.74) is 1.79. The molecule has 0 fully saturated rings. The summed E-state index contributed by atoms with van der Waals surface area (Å²) < 4.78 is 11.0. The highest BCUT2D eigenvalue weighted by Crippen LogP contribution is 2.34. The quantitative estimate of drug-likeness (QED) is 0.580. The van der Waals surface area contributed by atoms with Crippen LogP contribution in [0.1, 0.15) is 5.56 Å². The monoisotopic (exact) mass is 268 g/mol. The van der Waals surface area contributed by atoms with Gasteiger partial charge in [0, 0.05) is 21.7 Å². The number of halogens is 1. The van der Waals surface area contributed by atoms with E-state index in [9.17, 15) is 4.79 Å². The van der Waals surface area contributed by atoms with Crippen LogP contribution < -0.4 is 4.74 Å². The Bertz CT molecular complexity index is 437. The van der Waals surface area contributed by atoms with E-state index in [-0.39, 0.29) is 5.97 Å². The molecule has 4 heteroatoms. The van der Waals surface area contributed by atoms with Gasteiger partial charge in [-0.05, 0) is 18.2 Å². The normalized spacial score (nSPS) is 16.0. The van der Waals surface area contributed by atoms with Gasteiger partial charge >= 0.3 is 5.97 Å². The number of carbonyl (C=O) groups excluding carboxylic acids is 1. The van der Waals surface area contributed by atoms with Crippen molar-refractivity contribution in [2.45, 2.75) is 0 Å². The standard InChI is InChI=1S/C11H9BrO3/c1-14-11(13)4-7-6-15-10-3-2-8(12)5-9(7)10/h2-5H,6H2,1H3/b7-4-. The first-order valence-corrected chi connectivity index (χ1v) is 5.21. The minimum absolute atomic E-state index is 0.360. The Morgan fingerprint density at radius 2 is 2.40 bits per heavy atom. The molecular formula is C11H9BrO3. The molecule has 0 atom stereocenters.